The largest absolute Gasteiger partial charge is 0.480 e. The van der Waals surface area contributed by atoms with Crippen molar-refractivity contribution in [2.75, 3.05) is 0 Å². The summed E-state index contributed by atoms with van der Waals surface area (Å²) in [5.74, 6) is -0.870. The zero-order valence-electron chi connectivity index (χ0n) is 7.85. The summed E-state index contributed by atoms with van der Waals surface area (Å²) in [4.78, 5) is 10.2. The van der Waals surface area contributed by atoms with Crippen LogP contribution in [0.1, 0.15) is 17.8 Å². The van der Waals surface area contributed by atoms with Crippen LogP contribution in [0.3, 0.4) is 0 Å². The van der Waals surface area contributed by atoms with Gasteiger partial charge in [-0.3, -0.25) is 4.79 Å². The topological polar surface area (TPSA) is 37.3 Å². The number of aliphatic carboxylic acids is 1. The third kappa shape index (κ3) is 2.42. The highest BCUT2D eigenvalue weighted by molar-refractivity contribution is 9.09. The van der Waals surface area contributed by atoms with Crippen molar-refractivity contribution in [3.05, 3.63) is 48.0 Å². The van der Waals surface area contributed by atoms with Crippen LogP contribution in [0.15, 0.2) is 42.5 Å². The number of fused-ring (bicyclic) bond motifs is 1. The normalized spacial score (nSPS) is 11.8. The van der Waals surface area contributed by atoms with E-state index in [2.05, 4.69) is 15.9 Å². The van der Waals surface area contributed by atoms with Gasteiger partial charge in [-0.1, -0.05) is 59.8 Å². The van der Waals surface area contributed by atoms with Crippen LogP contribution >= 0.6 is 15.9 Å². The van der Waals surface area contributed by atoms with Crippen LogP contribution in [0.2, 0.25) is 0 Å². The minimum atomic E-state index is -0.870. The van der Waals surface area contributed by atoms with Crippen molar-refractivity contribution >= 4 is 32.7 Å². The van der Waals surface area contributed by atoms with Gasteiger partial charge >= 0.3 is 5.97 Å². The summed E-state index contributed by atoms with van der Waals surface area (Å²) in [6, 6.07) is 13.5. The van der Waals surface area contributed by atoms with Gasteiger partial charge in [0.05, 0.1) is 0 Å². The molecular formula is C13H13BrO2. The first-order valence-corrected chi connectivity index (χ1v) is 5.45. The summed E-state index contributed by atoms with van der Waals surface area (Å²) in [6.07, 6.45) is 0. The molecule has 2 aromatic rings. The molecule has 1 atom stereocenters. The lowest BCUT2D eigenvalue weighted by molar-refractivity contribution is -0.136. The molecule has 0 aliphatic carbocycles. The van der Waals surface area contributed by atoms with Crippen molar-refractivity contribution in [1.29, 1.82) is 0 Å². The van der Waals surface area contributed by atoms with Gasteiger partial charge in [-0.15, -0.1) is 0 Å². The third-order valence-corrected chi connectivity index (χ3v) is 3.20. The maximum Gasteiger partial charge on any atom is 0.321 e. The van der Waals surface area contributed by atoms with E-state index in [0.29, 0.717) is 0 Å². The molecule has 3 heteroatoms. The zero-order chi connectivity index (χ0) is 10.8. The Labute approximate surface area is 103 Å². The minimum Gasteiger partial charge on any atom is -0.480 e. The number of carboxylic acids is 1. The minimum absolute atomic E-state index is 0. The van der Waals surface area contributed by atoms with E-state index in [0.717, 1.165) is 16.3 Å². The first kappa shape index (κ1) is 12.7. The molecular weight excluding hydrogens is 268 g/mol. The van der Waals surface area contributed by atoms with Crippen molar-refractivity contribution in [3.63, 3.8) is 0 Å². The Morgan fingerprint density at radius 1 is 1.12 bits per heavy atom. The molecule has 2 aromatic carbocycles. The van der Waals surface area contributed by atoms with Crippen LogP contribution in [0, 0.1) is 0 Å². The Morgan fingerprint density at radius 2 is 1.75 bits per heavy atom. The first-order chi connectivity index (χ1) is 7.18. The van der Waals surface area contributed by atoms with Crippen LogP contribution in [-0.2, 0) is 4.79 Å². The molecule has 0 saturated carbocycles. The summed E-state index contributed by atoms with van der Waals surface area (Å²) in [5.41, 5.74) is 0.765. The molecule has 0 radical (unpaired) electrons. The van der Waals surface area contributed by atoms with Crippen molar-refractivity contribution in [1.82, 2.24) is 0 Å². The average molecular weight is 281 g/mol. The Bertz CT molecular complexity index is 508. The fourth-order valence-electron chi connectivity index (χ4n) is 1.51. The van der Waals surface area contributed by atoms with E-state index in [9.17, 15) is 4.79 Å². The van der Waals surface area contributed by atoms with E-state index in [-0.39, 0.29) is 7.43 Å². The first-order valence-electron chi connectivity index (χ1n) is 4.54. The standard InChI is InChI=1S/C12H9BrO2.CH4/c13-11(12(14)15)10-6-5-8-3-1-2-4-9(8)7-10;/h1-7,11H,(H,14,15);1H4. The van der Waals surface area contributed by atoms with Crippen molar-refractivity contribution in [2.24, 2.45) is 0 Å². The second-order valence-electron chi connectivity index (χ2n) is 3.31. The summed E-state index contributed by atoms with van der Waals surface area (Å²) in [5, 5.41) is 11.0. The summed E-state index contributed by atoms with van der Waals surface area (Å²) < 4.78 is 0. The van der Waals surface area contributed by atoms with Gasteiger partial charge in [-0.05, 0) is 22.4 Å². The Balaban J connectivity index is 0.00000128. The fourth-order valence-corrected chi connectivity index (χ4v) is 1.79. The average Bonchev–Trinajstić information content (AvgIpc) is 2.27. The van der Waals surface area contributed by atoms with Crippen LogP contribution in [0.5, 0.6) is 0 Å². The number of hydrogen-bond acceptors (Lipinski definition) is 1. The van der Waals surface area contributed by atoms with Crippen LogP contribution in [-0.4, -0.2) is 11.1 Å². The van der Waals surface area contributed by atoms with E-state index >= 15 is 0 Å². The number of benzene rings is 2. The highest BCUT2D eigenvalue weighted by atomic mass is 79.9. The predicted molar refractivity (Wildman–Crippen MR) is 70.0 cm³/mol. The van der Waals surface area contributed by atoms with Gasteiger partial charge < -0.3 is 5.11 Å². The predicted octanol–water partition coefficient (Wildman–Crippen LogP) is 4.00. The monoisotopic (exact) mass is 280 g/mol. The lowest BCUT2D eigenvalue weighted by Gasteiger charge is -2.06. The number of rotatable bonds is 2. The molecule has 0 saturated heterocycles. The molecule has 1 unspecified atom stereocenters. The molecule has 0 heterocycles. The third-order valence-electron chi connectivity index (χ3n) is 2.28. The molecule has 1 N–H and O–H groups in total. The van der Waals surface area contributed by atoms with E-state index in [1.165, 1.54) is 0 Å². The summed E-state index contributed by atoms with van der Waals surface area (Å²) >= 11 is 3.14. The van der Waals surface area contributed by atoms with E-state index in [4.69, 9.17) is 5.11 Å². The molecule has 84 valence electrons. The van der Waals surface area contributed by atoms with Crippen LogP contribution in [0.25, 0.3) is 10.8 Å². The Morgan fingerprint density at radius 3 is 2.38 bits per heavy atom. The second kappa shape index (κ2) is 5.12. The molecule has 0 spiro atoms. The van der Waals surface area contributed by atoms with E-state index in [1.54, 1.807) is 0 Å². The molecule has 0 aliphatic rings. The van der Waals surface area contributed by atoms with E-state index in [1.807, 2.05) is 42.5 Å². The lowest BCUT2D eigenvalue weighted by atomic mass is 10.1. The Kier molecular flexibility index (Phi) is 4.07. The van der Waals surface area contributed by atoms with Gasteiger partial charge in [0, 0.05) is 0 Å². The molecule has 0 amide bonds. The molecule has 0 aliphatic heterocycles. The zero-order valence-corrected chi connectivity index (χ0v) is 9.44. The maximum atomic E-state index is 10.8. The number of halogens is 1. The Hall–Kier alpha value is -1.35. The number of hydrogen-bond donors (Lipinski definition) is 1. The fraction of sp³-hybridized carbons (Fsp3) is 0.154. The van der Waals surface area contributed by atoms with Crippen LogP contribution < -0.4 is 0 Å². The van der Waals surface area contributed by atoms with Crippen LogP contribution in [0.4, 0.5) is 0 Å². The lowest BCUT2D eigenvalue weighted by Crippen LogP contribution is -2.03. The van der Waals surface area contributed by atoms with Gasteiger partial charge in [-0.25, -0.2) is 0 Å². The molecule has 0 fully saturated rings. The van der Waals surface area contributed by atoms with Gasteiger partial charge in [0.25, 0.3) is 0 Å². The molecule has 16 heavy (non-hydrogen) atoms. The second-order valence-corrected chi connectivity index (χ2v) is 4.22. The molecule has 0 bridgehead atoms. The number of carboxylic acid groups (broad SMARTS) is 1. The SMILES string of the molecule is C.O=C(O)C(Br)c1ccc2ccccc2c1. The van der Waals surface area contributed by atoms with Crippen molar-refractivity contribution in [2.45, 2.75) is 12.3 Å². The maximum absolute atomic E-state index is 10.8. The van der Waals surface area contributed by atoms with E-state index < -0.39 is 10.8 Å². The molecule has 0 aromatic heterocycles. The van der Waals surface area contributed by atoms with Crippen molar-refractivity contribution in [3.8, 4) is 0 Å². The number of alkyl halides is 1. The van der Waals surface area contributed by atoms with Gasteiger partial charge in [0.15, 0.2) is 0 Å². The quantitative estimate of drug-likeness (QED) is 0.845. The number of carbonyl (C=O) groups is 1. The smallest absolute Gasteiger partial charge is 0.321 e. The van der Waals surface area contributed by atoms with Gasteiger partial charge in [0.1, 0.15) is 4.83 Å². The van der Waals surface area contributed by atoms with Gasteiger partial charge in [0.2, 0.25) is 0 Å². The van der Waals surface area contributed by atoms with Crippen molar-refractivity contribution < 1.29 is 9.90 Å². The summed E-state index contributed by atoms with van der Waals surface area (Å²) in [6.45, 7) is 0. The highest BCUT2D eigenvalue weighted by Crippen LogP contribution is 2.26. The summed E-state index contributed by atoms with van der Waals surface area (Å²) in [7, 11) is 0. The molecule has 2 rings (SSSR count). The van der Waals surface area contributed by atoms with Gasteiger partial charge in [-0.2, -0.15) is 0 Å². The molecule has 2 nitrogen and oxygen atoms in total. The highest BCUT2D eigenvalue weighted by Gasteiger charge is 2.15.